The molecular weight excluding hydrogens is 333 g/mol. The van der Waals surface area contributed by atoms with Crippen molar-refractivity contribution in [1.82, 2.24) is 19.6 Å². The number of nitrogens with zero attached hydrogens (tertiary/aromatic N) is 4. The summed E-state index contributed by atoms with van der Waals surface area (Å²) in [5.74, 6) is -0.842. The van der Waals surface area contributed by atoms with Crippen LogP contribution in [0.1, 0.15) is 40.1 Å². The van der Waals surface area contributed by atoms with Crippen molar-refractivity contribution in [3.63, 3.8) is 0 Å². The van der Waals surface area contributed by atoms with Gasteiger partial charge in [-0.05, 0) is 31.9 Å². The second kappa shape index (κ2) is 5.91. The number of carbonyl (C=O) groups excluding carboxylic acids is 1. The van der Waals surface area contributed by atoms with Crippen molar-refractivity contribution in [3.8, 4) is 0 Å². The number of pyridine rings is 1. The lowest BCUT2D eigenvalue weighted by Crippen LogP contribution is -2.15. The number of hydrogen-bond donors (Lipinski definition) is 1. The zero-order chi connectivity index (χ0) is 16.7. The van der Waals surface area contributed by atoms with Gasteiger partial charge in [0.25, 0.3) is 5.91 Å². The van der Waals surface area contributed by atoms with Crippen LogP contribution in [0.4, 0.5) is 9.52 Å². The number of ether oxygens (including phenoxy) is 1. The van der Waals surface area contributed by atoms with Gasteiger partial charge in [-0.3, -0.25) is 14.5 Å². The molecule has 1 saturated heterocycles. The number of fused-ring (bicyclic) bond motifs is 1. The van der Waals surface area contributed by atoms with Crippen LogP contribution in [0.2, 0.25) is 0 Å². The maximum absolute atomic E-state index is 13.5. The SMILES string of the molecule is Cc1nc2ccc(F)cn2c1C(=O)Nc1nnc(C2CCCO2)s1. The first kappa shape index (κ1) is 15.2. The highest BCUT2D eigenvalue weighted by atomic mass is 32.1. The van der Waals surface area contributed by atoms with Gasteiger partial charge in [0, 0.05) is 12.8 Å². The monoisotopic (exact) mass is 347 g/mol. The van der Waals surface area contributed by atoms with Gasteiger partial charge in [-0.15, -0.1) is 10.2 Å². The van der Waals surface area contributed by atoms with Crippen LogP contribution in [-0.2, 0) is 4.74 Å². The van der Waals surface area contributed by atoms with Gasteiger partial charge in [-0.25, -0.2) is 9.37 Å². The molecule has 1 amide bonds. The van der Waals surface area contributed by atoms with Gasteiger partial charge < -0.3 is 4.74 Å². The molecule has 0 aromatic carbocycles. The lowest BCUT2D eigenvalue weighted by molar-refractivity contribution is 0.102. The molecule has 4 heterocycles. The van der Waals surface area contributed by atoms with E-state index in [-0.39, 0.29) is 11.8 Å². The van der Waals surface area contributed by atoms with E-state index in [0.717, 1.165) is 24.5 Å². The number of hydrogen-bond acceptors (Lipinski definition) is 6. The minimum atomic E-state index is -0.439. The van der Waals surface area contributed by atoms with Crippen LogP contribution in [0.25, 0.3) is 5.65 Å². The van der Waals surface area contributed by atoms with Crippen molar-refractivity contribution in [1.29, 1.82) is 0 Å². The van der Waals surface area contributed by atoms with Crippen LogP contribution in [0.3, 0.4) is 0 Å². The molecule has 7 nitrogen and oxygen atoms in total. The molecule has 24 heavy (non-hydrogen) atoms. The minimum absolute atomic E-state index is 0.0419. The largest absolute Gasteiger partial charge is 0.371 e. The normalized spacial score (nSPS) is 17.5. The van der Waals surface area contributed by atoms with E-state index >= 15 is 0 Å². The second-order valence-corrected chi connectivity index (χ2v) is 6.53. The Hall–Kier alpha value is -2.39. The molecule has 1 aliphatic heterocycles. The molecular formula is C15H14FN5O2S. The zero-order valence-corrected chi connectivity index (χ0v) is 13.6. The van der Waals surface area contributed by atoms with Gasteiger partial charge in [0.05, 0.1) is 5.69 Å². The fraction of sp³-hybridized carbons (Fsp3) is 0.333. The predicted octanol–water partition coefficient (Wildman–Crippen LogP) is 2.74. The van der Waals surface area contributed by atoms with Gasteiger partial charge >= 0.3 is 0 Å². The highest BCUT2D eigenvalue weighted by molar-refractivity contribution is 7.15. The Labute approximate surface area is 140 Å². The van der Waals surface area contributed by atoms with E-state index in [2.05, 4.69) is 20.5 Å². The number of rotatable bonds is 3. The summed E-state index contributed by atoms with van der Waals surface area (Å²) in [5, 5.41) is 11.9. The van der Waals surface area contributed by atoms with Crippen LogP contribution in [-0.4, -0.2) is 32.1 Å². The minimum Gasteiger partial charge on any atom is -0.371 e. The third-order valence-electron chi connectivity index (χ3n) is 3.84. The lowest BCUT2D eigenvalue weighted by Gasteiger charge is -2.03. The van der Waals surface area contributed by atoms with E-state index in [1.165, 1.54) is 34.1 Å². The standard InChI is InChI=1S/C15H14FN5O2S/c1-8-12(21-7-9(16)4-5-11(21)17-8)13(22)18-15-20-19-14(24-15)10-3-2-6-23-10/h4-5,7,10H,2-3,6H2,1H3,(H,18,20,22). The molecule has 0 radical (unpaired) electrons. The number of aryl methyl sites for hydroxylation is 1. The molecule has 1 N–H and O–H groups in total. The average molecular weight is 347 g/mol. The molecule has 4 rings (SSSR count). The van der Waals surface area contributed by atoms with Crippen LogP contribution in [0.15, 0.2) is 18.3 Å². The molecule has 1 atom stereocenters. The number of amides is 1. The van der Waals surface area contributed by atoms with Crippen molar-refractivity contribution in [3.05, 3.63) is 40.5 Å². The average Bonchev–Trinajstić information content (AvgIpc) is 3.25. The first-order valence-corrected chi connectivity index (χ1v) is 8.34. The van der Waals surface area contributed by atoms with Crippen molar-refractivity contribution in [2.24, 2.45) is 0 Å². The van der Waals surface area contributed by atoms with Crippen molar-refractivity contribution < 1.29 is 13.9 Å². The van der Waals surface area contributed by atoms with E-state index in [9.17, 15) is 9.18 Å². The number of halogens is 1. The molecule has 1 unspecified atom stereocenters. The summed E-state index contributed by atoms with van der Waals surface area (Å²) in [7, 11) is 0. The Kier molecular flexibility index (Phi) is 3.73. The highest BCUT2D eigenvalue weighted by Crippen LogP contribution is 2.32. The summed E-state index contributed by atoms with van der Waals surface area (Å²) in [6.07, 6.45) is 3.11. The molecule has 1 fully saturated rings. The van der Waals surface area contributed by atoms with Gasteiger partial charge in [0.2, 0.25) is 5.13 Å². The van der Waals surface area contributed by atoms with Gasteiger partial charge in [0.1, 0.15) is 28.3 Å². The van der Waals surface area contributed by atoms with E-state index in [4.69, 9.17) is 4.74 Å². The molecule has 0 bridgehead atoms. The van der Waals surface area contributed by atoms with Crippen molar-refractivity contribution >= 4 is 28.0 Å². The van der Waals surface area contributed by atoms with Crippen molar-refractivity contribution in [2.75, 3.05) is 11.9 Å². The summed E-state index contributed by atoms with van der Waals surface area (Å²) < 4.78 is 20.5. The number of carbonyl (C=O) groups is 1. The molecule has 9 heteroatoms. The first-order valence-electron chi connectivity index (χ1n) is 7.52. The molecule has 124 valence electrons. The molecule has 3 aromatic heterocycles. The third-order valence-corrected chi connectivity index (χ3v) is 4.77. The molecule has 0 saturated carbocycles. The van der Waals surface area contributed by atoms with Crippen molar-refractivity contribution in [2.45, 2.75) is 25.9 Å². The maximum Gasteiger partial charge on any atom is 0.276 e. The topological polar surface area (TPSA) is 81.4 Å². The first-order chi connectivity index (χ1) is 11.6. The van der Waals surface area contributed by atoms with Gasteiger partial charge in [0.15, 0.2) is 0 Å². The Morgan fingerprint density at radius 1 is 1.46 bits per heavy atom. The number of nitrogens with one attached hydrogen (secondary N) is 1. The van der Waals surface area contributed by atoms with E-state index in [1.54, 1.807) is 6.92 Å². The number of imidazole rings is 1. The Morgan fingerprint density at radius 2 is 2.33 bits per heavy atom. The van der Waals surface area contributed by atoms with E-state index in [0.29, 0.717) is 16.5 Å². The lowest BCUT2D eigenvalue weighted by atomic mass is 10.2. The predicted molar refractivity (Wildman–Crippen MR) is 85.7 cm³/mol. The summed E-state index contributed by atoms with van der Waals surface area (Å²) in [6.45, 7) is 2.43. The smallest absolute Gasteiger partial charge is 0.276 e. The van der Waals surface area contributed by atoms with E-state index < -0.39 is 11.7 Å². The maximum atomic E-state index is 13.5. The van der Waals surface area contributed by atoms with Crippen LogP contribution >= 0.6 is 11.3 Å². The fourth-order valence-electron chi connectivity index (χ4n) is 2.75. The van der Waals surface area contributed by atoms with E-state index in [1.807, 2.05) is 0 Å². The van der Waals surface area contributed by atoms with Crippen LogP contribution in [0.5, 0.6) is 0 Å². The quantitative estimate of drug-likeness (QED) is 0.788. The fourth-order valence-corrected chi connectivity index (χ4v) is 3.58. The van der Waals surface area contributed by atoms with Crippen LogP contribution in [0, 0.1) is 12.7 Å². The Bertz CT molecular complexity index is 916. The molecule has 3 aromatic rings. The summed E-state index contributed by atoms with van der Waals surface area (Å²) in [6, 6.07) is 2.84. The Balaban J connectivity index is 1.60. The number of aromatic nitrogens is 4. The third kappa shape index (κ3) is 2.65. The highest BCUT2D eigenvalue weighted by Gasteiger charge is 2.23. The van der Waals surface area contributed by atoms with Gasteiger partial charge in [-0.1, -0.05) is 11.3 Å². The van der Waals surface area contributed by atoms with Crippen LogP contribution < -0.4 is 5.32 Å². The van der Waals surface area contributed by atoms with Gasteiger partial charge in [-0.2, -0.15) is 0 Å². The molecule has 1 aliphatic rings. The second-order valence-electron chi connectivity index (χ2n) is 5.52. The molecule has 0 aliphatic carbocycles. The summed E-state index contributed by atoms with van der Waals surface area (Å²) >= 11 is 1.29. The zero-order valence-electron chi connectivity index (χ0n) is 12.8. The Morgan fingerprint density at radius 3 is 3.12 bits per heavy atom. The summed E-state index contributed by atoms with van der Waals surface area (Å²) in [5.41, 5.74) is 1.30. The number of anilines is 1. The summed E-state index contributed by atoms with van der Waals surface area (Å²) in [4.78, 5) is 16.8. The molecule has 0 spiro atoms.